The molecule has 0 spiro atoms. The third-order valence-electron chi connectivity index (χ3n) is 6.99. The van der Waals surface area contributed by atoms with E-state index in [0.717, 1.165) is 23.7 Å². The maximum atomic E-state index is 2.59. The van der Waals surface area contributed by atoms with Crippen LogP contribution in [-0.2, 0) is 0 Å². The molecule has 0 amide bonds. The average molecular weight is 401 g/mol. The van der Waals surface area contributed by atoms with Gasteiger partial charge in [0.1, 0.15) is 0 Å². The number of hydrogen-bond acceptors (Lipinski definition) is 0. The molecule has 0 atom stereocenters. The zero-order valence-corrected chi connectivity index (χ0v) is 21.3. The SMILES string of the molecule is C(=C\C1CCC(CC2CC[CH-]CC2)CC1)/CCC1CCCCC1.[Rb+]. The molecule has 3 aliphatic carbocycles. The van der Waals surface area contributed by atoms with Gasteiger partial charge in [-0.3, -0.25) is 0 Å². The maximum absolute atomic E-state index is 2.59. The van der Waals surface area contributed by atoms with Crippen molar-refractivity contribution >= 4 is 0 Å². The minimum atomic E-state index is 0. The predicted molar refractivity (Wildman–Crippen MR) is 101 cm³/mol. The Labute approximate surface area is 200 Å². The topological polar surface area (TPSA) is 0 Å². The van der Waals surface area contributed by atoms with E-state index in [0.29, 0.717) is 0 Å². The molecule has 0 heterocycles. The van der Waals surface area contributed by atoms with Gasteiger partial charge in [0.25, 0.3) is 0 Å². The van der Waals surface area contributed by atoms with Crippen LogP contribution >= 0.6 is 0 Å². The predicted octanol–water partition coefficient (Wildman–Crippen LogP) is 4.50. The second kappa shape index (κ2) is 12.8. The summed E-state index contributed by atoms with van der Waals surface area (Å²) in [4.78, 5) is 0. The van der Waals surface area contributed by atoms with E-state index < -0.39 is 0 Å². The van der Waals surface area contributed by atoms with Crippen LogP contribution in [0.15, 0.2) is 12.2 Å². The normalized spacial score (nSPS) is 30.3. The Hall–Kier alpha value is 1.55. The molecule has 0 aromatic heterocycles. The Balaban J connectivity index is 0.00000208. The van der Waals surface area contributed by atoms with Crippen LogP contribution in [0.1, 0.15) is 103 Å². The third kappa shape index (κ3) is 8.06. The van der Waals surface area contributed by atoms with Gasteiger partial charge < -0.3 is 6.42 Å². The van der Waals surface area contributed by atoms with Crippen LogP contribution in [0.4, 0.5) is 0 Å². The molecule has 3 aliphatic rings. The summed E-state index contributed by atoms with van der Waals surface area (Å²) < 4.78 is 0. The molecule has 0 N–H and O–H groups in total. The molecule has 0 bridgehead atoms. The van der Waals surface area contributed by atoms with E-state index in [2.05, 4.69) is 18.6 Å². The molecule has 0 nitrogen and oxygen atoms in total. The van der Waals surface area contributed by atoms with Crippen LogP contribution in [-0.4, -0.2) is 0 Å². The standard InChI is InChI=1S/C23H39.Rb/c1-3-9-20(10-4-1)11-7-8-12-21-15-17-23(18-16-21)19-22-13-5-2-6-14-22;/h2,8,12,20-23H,1,3-7,9-11,13-19H2;/q-1;+1/b12-8+;. The van der Waals surface area contributed by atoms with Crippen LogP contribution in [0.5, 0.6) is 0 Å². The second-order valence-electron chi connectivity index (χ2n) is 8.84. The van der Waals surface area contributed by atoms with E-state index in [-0.39, 0.29) is 58.2 Å². The average Bonchev–Trinajstić information content (AvgIpc) is 2.62. The molecule has 3 fully saturated rings. The van der Waals surface area contributed by atoms with Crippen molar-refractivity contribution < 1.29 is 58.2 Å². The van der Waals surface area contributed by atoms with Crippen LogP contribution < -0.4 is 58.2 Å². The summed E-state index contributed by atoms with van der Waals surface area (Å²) in [5.74, 6) is 4.09. The van der Waals surface area contributed by atoms with Crippen molar-refractivity contribution in [2.24, 2.45) is 23.7 Å². The molecule has 0 aromatic carbocycles. The van der Waals surface area contributed by atoms with E-state index in [1.54, 1.807) is 6.42 Å². The molecule has 0 radical (unpaired) electrons. The Morgan fingerprint density at radius 1 is 0.708 bits per heavy atom. The van der Waals surface area contributed by atoms with Crippen molar-refractivity contribution in [3.8, 4) is 0 Å². The van der Waals surface area contributed by atoms with Gasteiger partial charge in [-0.2, -0.15) is 12.8 Å². The summed E-state index contributed by atoms with van der Waals surface area (Å²) in [7, 11) is 0. The van der Waals surface area contributed by atoms with Gasteiger partial charge in [-0.1, -0.05) is 57.1 Å². The molecular formula is C23H39Rb. The van der Waals surface area contributed by atoms with Crippen molar-refractivity contribution in [3.05, 3.63) is 18.6 Å². The smallest absolute Gasteiger partial charge is 0.328 e. The van der Waals surface area contributed by atoms with Gasteiger partial charge in [0.05, 0.1) is 0 Å². The van der Waals surface area contributed by atoms with E-state index >= 15 is 0 Å². The first-order valence-corrected chi connectivity index (χ1v) is 10.9. The van der Waals surface area contributed by atoms with Crippen LogP contribution in [0.2, 0.25) is 0 Å². The van der Waals surface area contributed by atoms with E-state index in [9.17, 15) is 0 Å². The molecule has 1 heteroatoms. The summed E-state index contributed by atoms with van der Waals surface area (Å²) in [5.41, 5.74) is 0. The molecule has 132 valence electrons. The van der Waals surface area contributed by atoms with Crippen molar-refractivity contribution in [1.29, 1.82) is 0 Å². The first kappa shape index (κ1) is 21.8. The quantitative estimate of drug-likeness (QED) is 0.455. The molecule has 0 saturated heterocycles. The maximum Gasteiger partial charge on any atom is 1.00 e. The number of rotatable bonds is 6. The Morgan fingerprint density at radius 2 is 1.38 bits per heavy atom. The monoisotopic (exact) mass is 400 g/mol. The summed E-state index contributed by atoms with van der Waals surface area (Å²) in [6.45, 7) is 0. The Morgan fingerprint density at radius 3 is 2.08 bits per heavy atom. The van der Waals surface area contributed by atoms with Gasteiger partial charge in [0.15, 0.2) is 0 Å². The third-order valence-corrected chi connectivity index (χ3v) is 6.99. The fourth-order valence-corrected chi connectivity index (χ4v) is 5.42. The van der Waals surface area contributed by atoms with Crippen molar-refractivity contribution in [1.82, 2.24) is 0 Å². The number of hydrogen-bond donors (Lipinski definition) is 0. The summed E-state index contributed by atoms with van der Waals surface area (Å²) in [5, 5.41) is 0. The molecular weight excluding hydrogens is 362 g/mol. The van der Waals surface area contributed by atoms with Crippen LogP contribution in [0.25, 0.3) is 0 Å². The second-order valence-corrected chi connectivity index (χ2v) is 8.84. The molecule has 24 heavy (non-hydrogen) atoms. The van der Waals surface area contributed by atoms with Crippen molar-refractivity contribution in [2.45, 2.75) is 103 Å². The first-order valence-electron chi connectivity index (χ1n) is 10.9. The van der Waals surface area contributed by atoms with Gasteiger partial charge in [0, 0.05) is 0 Å². The number of allylic oxidation sites excluding steroid dienone is 2. The zero-order valence-electron chi connectivity index (χ0n) is 16.4. The molecule has 3 rings (SSSR count). The fraction of sp³-hybridized carbons (Fsp3) is 0.870. The van der Waals surface area contributed by atoms with Gasteiger partial charge in [-0.15, -0.1) is 0 Å². The first-order chi connectivity index (χ1) is 11.4. The van der Waals surface area contributed by atoms with E-state index in [1.807, 2.05) is 0 Å². The van der Waals surface area contributed by atoms with Gasteiger partial charge >= 0.3 is 58.2 Å². The minimum Gasteiger partial charge on any atom is -0.328 e. The van der Waals surface area contributed by atoms with E-state index in [4.69, 9.17) is 0 Å². The van der Waals surface area contributed by atoms with Crippen molar-refractivity contribution in [2.75, 3.05) is 0 Å². The van der Waals surface area contributed by atoms with Crippen LogP contribution in [0.3, 0.4) is 0 Å². The van der Waals surface area contributed by atoms with Crippen LogP contribution in [0, 0.1) is 30.1 Å². The van der Waals surface area contributed by atoms with Gasteiger partial charge in [0.2, 0.25) is 0 Å². The Bertz CT molecular complexity index is 328. The molecule has 3 saturated carbocycles. The Kier molecular flexibility index (Phi) is 11.7. The molecule has 0 unspecified atom stereocenters. The summed E-state index contributed by atoms with van der Waals surface area (Å²) in [6.07, 6.45) is 31.2. The summed E-state index contributed by atoms with van der Waals surface area (Å²) >= 11 is 0. The summed E-state index contributed by atoms with van der Waals surface area (Å²) in [6, 6.07) is 0. The molecule has 0 aromatic rings. The van der Waals surface area contributed by atoms with Gasteiger partial charge in [-0.05, 0) is 68.6 Å². The van der Waals surface area contributed by atoms with Gasteiger partial charge in [-0.25, -0.2) is 0 Å². The van der Waals surface area contributed by atoms with E-state index in [1.165, 1.54) is 96.3 Å². The largest absolute Gasteiger partial charge is 1.00 e. The molecule has 0 aliphatic heterocycles. The zero-order chi connectivity index (χ0) is 15.7. The van der Waals surface area contributed by atoms with Crippen molar-refractivity contribution in [3.63, 3.8) is 0 Å². The fourth-order valence-electron chi connectivity index (χ4n) is 5.42. The minimum absolute atomic E-state index is 0.